The smallest absolute Gasteiger partial charge is 0.254 e. The Kier molecular flexibility index (Phi) is 5.27. The maximum atomic E-state index is 12.4. The van der Waals surface area contributed by atoms with Gasteiger partial charge in [-0.15, -0.1) is 0 Å². The van der Waals surface area contributed by atoms with E-state index in [2.05, 4.69) is 25.6 Å². The van der Waals surface area contributed by atoms with Crippen LogP contribution in [0.5, 0.6) is 0 Å². The van der Waals surface area contributed by atoms with Gasteiger partial charge in [0, 0.05) is 49.0 Å². The van der Waals surface area contributed by atoms with Crippen molar-refractivity contribution in [1.29, 1.82) is 0 Å². The molecule has 164 valence electrons. The second-order valence-electron chi connectivity index (χ2n) is 7.46. The molecule has 0 aliphatic rings. The molecule has 0 unspecified atom stereocenters. The molecule has 0 saturated heterocycles. The molecule has 0 aliphatic carbocycles. The van der Waals surface area contributed by atoms with E-state index in [-0.39, 0.29) is 11.8 Å². The number of benzene rings is 2. The summed E-state index contributed by atoms with van der Waals surface area (Å²) in [4.78, 5) is 36.8. The Hall–Kier alpha value is -4.53. The van der Waals surface area contributed by atoms with Gasteiger partial charge < -0.3 is 15.1 Å². The van der Waals surface area contributed by atoms with Crippen LogP contribution in [0.4, 0.5) is 5.69 Å². The molecule has 9 nitrogen and oxygen atoms in total. The number of hydrogen-bond acceptors (Lipinski definition) is 6. The van der Waals surface area contributed by atoms with Gasteiger partial charge in [0.1, 0.15) is 5.52 Å². The Bertz CT molecular complexity index is 1470. The van der Waals surface area contributed by atoms with Crippen LogP contribution < -0.4 is 10.6 Å². The summed E-state index contributed by atoms with van der Waals surface area (Å²) >= 11 is 0. The first-order valence-electron chi connectivity index (χ1n) is 10.5. The maximum absolute atomic E-state index is 12.4. The minimum atomic E-state index is -0.216. The summed E-state index contributed by atoms with van der Waals surface area (Å²) in [5, 5.41) is 5.71. The van der Waals surface area contributed by atoms with Crippen molar-refractivity contribution in [2.24, 2.45) is 0 Å². The molecule has 5 aromatic rings. The van der Waals surface area contributed by atoms with Crippen LogP contribution in [-0.4, -0.2) is 31.2 Å². The molecule has 5 rings (SSSR count). The highest BCUT2D eigenvalue weighted by molar-refractivity contribution is 5.94. The fourth-order valence-corrected chi connectivity index (χ4v) is 3.36. The topological polar surface area (TPSA) is 114 Å². The molecule has 0 fully saturated rings. The summed E-state index contributed by atoms with van der Waals surface area (Å²) < 4.78 is 7.56. The van der Waals surface area contributed by atoms with Crippen molar-refractivity contribution in [3.8, 4) is 11.5 Å². The Balaban J connectivity index is 1.26. The van der Waals surface area contributed by atoms with Crippen LogP contribution in [0.3, 0.4) is 0 Å². The average Bonchev–Trinajstić information content (AvgIpc) is 3.49. The number of anilines is 1. The summed E-state index contributed by atoms with van der Waals surface area (Å²) in [5.41, 5.74) is 4.19. The van der Waals surface area contributed by atoms with E-state index in [1.54, 1.807) is 48.1 Å². The number of oxazole rings is 1. The first-order chi connectivity index (χ1) is 16.1. The van der Waals surface area contributed by atoms with E-state index in [4.69, 9.17) is 4.42 Å². The lowest BCUT2D eigenvalue weighted by Gasteiger charge is -2.06. The van der Waals surface area contributed by atoms with Crippen LogP contribution in [0.1, 0.15) is 29.3 Å². The van der Waals surface area contributed by atoms with E-state index in [0.717, 1.165) is 11.1 Å². The molecule has 2 aromatic carbocycles. The zero-order valence-corrected chi connectivity index (χ0v) is 17.8. The van der Waals surface area contributed by atoms with Gasteiger partial charge in [-0.05, 0) is 35.9 Å². The molecule has 0 atom stereocenters. The molecule has 3 aromatic heterocycles. The van der Waals surface area contributed by atoms with Gasteiger partial charge in [0.2, 0.25) is 17.6 Å². The zero-order chi connectivity index (χ0) is 22.8. The number of amides is 2. The maximum Gasteiger partial charge on any atom is 0.254 e. The molecule has 0 bridgehead atoms. The van der Waals surface area contributed by atoms with Gasteiger partial charge in [-0.3, -0.25) is 14.0 Å². The number of carbonyl (C=O) groups is 2. The third-order valence-electron chi connectivity index (χ3n) is 5.15. The number of carbonyl (C=O) groups excluding carboxylic acids is 2. The van der Waals surface area contributed by atoms with Gasteiger partial charge in [0.15, 0.2) is 5.58 Å². The third kappa shape index (κ3) is 4.29. The predicted octanol–water partition coefficient (Wildman–Crippen LogP) is 3.82. The van der Waals surface area contributed by atoms with Crippen LogP contribution in [0.15, 0.2) is 71.7 Å². The van der Waals surface area contributed by atoms with Gasteiger partial charge in [-0.1, -0.05) is 19.1 Å². The van der Waals surface area contributed by atoms with Crippen molar-refractivity contribution in [2.75, 3.05) is 5.32 Å². The van der Waals surface area contributed by atoms with E-state index < -0.39 is 0 Å². The minimum absolute atomic E-state index is 0.0562. The highest BCUT2D eigenvalue weighted by Crippen LogP contribution is 2.26. The molecule has 2 amide bonds. The number of rotatable bonds is 6. The van der Waals surface area contributed by atoms with Gasteiger partial charge in [-0.2, -0.15) is 0 Å². The lowest BCUT2D eigenvalue weighted by Crippen LogP contribution is -2.23. The Labute approximate surface area is 188 Å². The number of imidazole rings is 1. The van der Waals surface area contributed by atoms with E-state index in [1.165, 1.54) is 6.20 Å². The van der Waals surface area contributed by atoms with Crippen molar-refractivity contribution in [1.82, 2.24) is 24.7 Å². The summed E-state index contributed by atoms with van der Waals surface area (Å²) in [6.45, 7) is 2.17. The van der Waals surface area contributed by atoms with Crippen molar-refractivity contribution in [3.05, 3.63) is 78.4 Å². The monoisotopic (exact) mass is 440 g/mol. The van der Waals surface area contributed by atoms with E-state index in [1.807, 2.05) is 24.3 Å². The quantitative estimate of drug-likeness (QED) is 0.415. The van der Waals surface area contributed by atoms with Crippen molar-refractivity contribution in [3.63, 3.8) is 0 Å². The molecule has 0 saturated carbocycles. The van der Waals surface area contributed by atoms with Crippen LogP contribution in [0.2, 0.25) is 0 Å². The lowest BCUT2D eigenvalue weighted by molar-refractivity contribution is -0.115. The van der Waals surface area contributed by atoms with Gasteiger partial charge in [0.05, 0.1) is 5.56 Å². The first-order valence-corrected chi connectivity index (χ1v) is 10.5. The molecule has 2 N–H and O–H groups in total. The second-order valence-corrected chi connectivity index (χ2v) is 7.46. The van der Waals surface area contributed by atoms with Crippen LogP contribution in [0.25, 0.3) is 28.3 Å². The summed E-state index contributed by atoms with van der Waals surface area (Å²) in [6, 6.07) is 13.0. The third-order valence-corrected chi connectivity index (χ3v) is 5.15. The molecule has 33 heavy (non-hydrogen) atoms. The van der Waals surface area contributed by atoms with Gasteiger partial charge in [-0.25, -0.2) is 15.0 Å². The second kappa shape index (κ2) is 8.54. The first kappa shape index (κ1) is 20.4. The zero-order valence-electron chi connectivity index (χ0n) is 17.8. The molecule has 0 radical (unpaired) electrons. The summed E-state index contributed by atoms with van der Waals surface area (Å²) in [5.74, 6) is 0.758. The summed E-state index contributed by atoms with van der Waals surface area (Å²) in [7, 11) is 0. The number of hydrogen-bond donors (Lipinski definition) is 2. The average molecular weight is 440 g/mol. The molecule has 3 heterocycles. The Morgan fingerprint density at radius 2 is 1.94 bits per heavy atom. The molecule has 0 aliphatic heterocycles. The van der Waals surface area contributed by atoms with Crippen molar-refractivity contribution < 1.29 is 14.0 Å². The van der Waals surface area contributed by atoms with Gasteiger partial charge >= 0.3 is 0 Å². The number of nitrogens with zero attached hydrogens (tertiary/aromatic N) is 4. The Morgan fingerprint density at radius 1 is 1.09 bits per heavy atom. The van der Waals surface area contributed by atoms with E-state index in [9.17, 15) is 9.59 Å². The SMILES string of the molecule is CCC(=O)Nc1ccc2oc(-c3ccc(CNC(=O)c4cnc5nccn5c4)cc3)nc2c1. The molecular weight excluding hydrogens is 420 g/mol. The van der Waals surface area contributed by atoms with Crippen molar-refractivity contribution >= 4 is 34.4 Å². The van der Waals surface area contributed by atoms with Crippen LogP contribution in [0, 0.1) is 0 Å². The normalized spacial score (nSPS) is 11.1. The highest BCUT2D eigenvalue weighted by Gasteiger charge is 2.11. The number of nitrogens with one attached hydrogen (secondary N) is 2. The molecule has 0 spiro atoms. The van der Waals surface area contributed by atoms with E-state index >= 15 is 0 Å². The van der Waals surface area contributed by atoms with Crippen LogP contribution >= 0.6 is 0 Å². The predicted molar refractivity (Wildman–Crippen MR) is 123 cm³/mol. The highest BCUT2D eigenvalue weighted by atomic mass is 16.3. The fourth-order valence-electron chi connectivity index (χ4n) is 3.36. The van der Waals surface area contributed by atoms with Gasteiger partial charge in [0.25, 0.3) is 5.91 Å². The van der Waals surface area contributed by atoms with Crippen LogP contribution in [-0.2, 0) is 11.3 Å². The summed E-state index contributed by atoms with van der Waals surface area (Å²) in [6.07, 6.45) is 6.98. The minimum Gasteiger partial charge on any atom is -0.436 e. The number of fused-ring (bicyclic) bond motifs is 2. The fraction of sp³-hybridized carbons (Fsp3) is 0.125. The molecule has 9 heteroatoms. The Morgan fingerprint density at radius 3 is 2.76 bits per heavy atom. The largest absolute Gasteiger partial charge is 0.436 e. The van der Waals surface area contributed by atoms with Crippen molar-refractivity contribution in [2.45, 2.75) is 19.9 Å². The lowest BCUT2D eigenvalue weighted by atomic mass is 10.1. The molecular formula is C24H20N6O3. The van der Waals surface area contributed by atoms with E-state index in [0.29, 0.717) is 47.0 Å². The standard InChI is InChI=1S/C24H20N6O3/c1-2-21(31)28-18-7-8-20-19(11-18)29-23(33-20)16-5-3-15(4-6-16)12-26-22(32)17-13-27-24-25-9-10-30(24)14-17/h3-11,13-14H,2,12H2,1H3,(H,26,32)(H,28,31). The number of aromatic nitrogens is 4.